The van der Waals surface area contributed by atoms with Gasteiger partial charge in [-0.1, -0.05) is 36.4 Å². The first-order valence-corrected chi connectivity index (χ1v) is 17.5. The van der Waals surface area contributed by atoms with Crippen LogP contribution in [-0.4, -0.2) is 112 Å². The third-order valence-electron chi connectivity index (χ3n) is 11.9. The van der Waals surface area contributed by atoms with Crippen molar-refractivity contribution < 1.29 is 68.8 Å². The van der Waals surface area contributed by atoms with E-state index in [0.29, 0.717) is 0 Å². The quantitative estimate of drug-likeness (QED) is 0.176. The SMILES string of the molecule is COC(=O)c1c(C)cc2c(c1O)[C@]1(O)C(=O)c3cc4c(c(O)c3C(=O)[C@]1(C)[C@H](O)C2)C(=O)C=C(N[C@H]1O[C@@H](C)[C@H](OC)[C@@H](O)[C@H]1OC)C4(O)c1ccccc1. The van der Waals surface area contributed by atoms with Gasteiger partial charge in [0.2, 0.25) is 5.78 Å². The lowest BCUT2D eigenvalue weighted by atomic mass is 9.51. The van der Waals surface area contributed by atoms with Gasteiger partial charge in [0.15, 0.2) is 29.0 Å². The summed E-state index contributed by atoms with van der Waals surface area (Å²) in [5.74, 6) is -6.13. The second kappa shape index (κ2) is 13.1. The van der Waals surface area contributed by atoms with Crippen molar-refractivity contribution in [3.05, 3.63) is 104 Å². The Hall–Kier alpha value is -5.00. The summed E-state index contributed by atoms with van der Waals surface area (Å²) < 4.78 is 21.9. The zero-order valence-corrected chi connectivity index (χ0v) is 30.7. The Kier molecular flexibility index (Phi) is 9.09. The van der Waals surface area contributed by atoms with Crippen molar-refractivity contribution in [1.29, 1.82) is 0 Å². The average molecular weight is 760 g/mol. The maximum absolute atomic E-state index is 15.0. The van der Waals surface area contributed by atoms with Crippen LogP contribution < -0.4 is 5.32 Å². The van der Waals surface area contributed by atoms with Gasteiger partial charge in [0.1, 0.15) is 35.4 Å². The van der Waals surface area contributed by atoms with Gasteiger partial charge in [-0.05, 0) is 43.5 Å². The number of aliphatic hydroxyl groups is 4. The van der Waals surface area contributed by atoms with Crippen molar-refractivity contribution in [2.45, 2.75) is 75.1 Å². The summed E-state index contributed by atoms with van der Waals surface area (Å²) in [6, 6.07) is 10.3. The van der Waals surface area contributed by atoms with E-state index in [9.17, 15) is 49.8 Å². The molecule has 3 aliphatic carbocycles. The van der Waals surface area contributed by atoms with Crippen LogP contribution in [0.15, 0.2) is 54.2 Å². The topological polar surface area (TPSA) is 239 Å². The fourth-order valence-electron chi connectivity index (χ4n) is 8.92. The number of carbonyl (C=O) groups is 4. The molecule has 15 nitrogen and oxygen atoms in total. The normalized spacial score (nSPS) is 32.5. The number of aromatic hydroxyl groups is 2. The molecule has 4 aliphatic rings. The molecule has 9 atom stereocenters. The molecule has 1 unspecified atom stereocenters. The van der Waals surface area contributed by atoms with Crippen molar-refractivity contribution in [2.24, 2.45) is 5.41 Å². The van der Waals surface area contributed by atoms with Crippen LogP contribution in [-0.2, 0) is 36.6 Å². The molecule has 0 amide bonds. The lowest BCUT2D eigenvalue weighted by molar-refractivity contribution is -0.237. The molecule has 1 fully saturated rings. The number of carbonyl (C=O) groups excluding carboxylic acids is 4. The number of phenols is 2. The summed E-state index contributed by atoms with van der Waals surface area (Å²) in [7, 11) is 3.79. The number of aryl methyl sites for hydroxylation is 1. The fourth-order valence-corrected chi connectivity index (χ4v) is 8.92. The van der Waals surface area contributed by atoms with Gasteiger partial charge >= 0.3 is 5.97 Å². The average Bonchev–Trinajstić information content (AvgIpc) is 3.14. The Morgan fingerprint density at radius 2 is 1.58 bits per heavy atom. The predicted octanol–water partition coefficient (Wildman–Crippen LogP) is 1.42. The highest BCUT2D eigenvalue weighted by atomic mass is 16.6. The highest BCUT2D eigenvalue weighted by molar-refractivity contribution is 6.25. The summed E-state index contributed by atoms with van der Waals surface area (Å²) in [4.78, 5) is 56.6. The molecule has 55 heavy (non-hydrogen) atoms. The number of hydrogen-bond donors (Lipinski definition) is 7. The van der Waals surface area contributed by atoms with E-state index in [1.807, 2.05) is 0 Å². The highest BCUT2D eigenvalue weighted by Crippen LogP contribution is 2.60. The third kappa shape index (κ3) is 4.94. The molecule has 0 radical (unpaired) electrons. The summed E-state index contributed by atoms with van der Waals surface area (Å²) >= 11 is 0. The highest BCUT2D eigenvalue weighted by Gasteiger charge is 2.69. The van der Waals surface area contributed by atoms with Gasteiger partial charge in [0.25, 0.3) is 0 Å². The van der Waals surface area contributed by atoms with E-state index in [2.05, 4.69) is 5.32 Å². The summed E-state index contributed by atoms with van der Waals surface area (Å²) in [5, 5.41) is 74.8. The van der Waals surface area contributed by atoms with Crippen molar-refractivity contribution in [2.75, 3.05) is 21.3 Å². The Bertz CT molecular complexity index is 2200. The molecule has 0 aromatic heterocycles. The van der Waals surface area contributed by atoms with Crippen molar-refractivity contribution in [3.8, 4) is 11.5 Å². The Morgan fingerprint density at radius 1 is 0.927 bits per heavy atom. The molecular weight excluding hydrogens is 718 g/mol. The number of benzene rings is 3. The van der Waals surface area contributed by atoms with Crippen LogP contribution in [0.4, 0.5) is 0 Å². The van der Waals surface area contributed by atoms with Crippen LogP contribution in [0.25, 0.3) is 0 Å². The maximum Gasteiger partial charge on any atom is 0.341 e. The standard InChI is InChI=1S/C40H41NO14/c1-16-12-18-13-24(43)38(3)35(48)26-20(34(47)40(38,51)28(18)30(45)25(16)37(49)54-6)14-21-27(29(26)44)22(42)15-23(39(21,50)19-10-8-7-9-11-19)41-36-33(53-5)31(46)32(52-4)17(2)55-36/h7-12,14-15,17,24,31-33,36,41,43-46,50-51H,13H2,1-6H3/t17-,24+,31+,32-,33+,36-,38-,39?,40-/m0/s1. The van der Waals surface area contributed by atoms with Crippen LogP contribution in [0.5, 0.6) is 11.5 Å². The number of hydrogen-bond acceptors (Lipinski definition) is 15. The zero-order valence-electron chi connectivity index (χ0n) is 30.7. The van der Waals surface area contributed by atoms with Gasteiger partial charge < -0.3 is 54.9 Å². The smallest absolute Gasteiger partial charge is 0.341 e. The van der Waals surface area contributed by atoms with Crippen LogP contribution in [0.3, 0.4) is 0 Å². The molecule has 3 aromatic rings. The molecule has 0 spiro atoms. The van der Waals surface area contributed by atoms with E-state index in [1.165, 1.54) is 39.3 Å². The second-order valence-corrected chi connectivity index (χ2v) is 14.6. The van der Waals surface area contributed by atoms with Gasteiger partial charge in [-0.15, -0.1) is 0 Å². The van der Waals surface area contributed by atoms with Crippen LogP contribution in [0.2, 0.25) is 0 Å². The van der Waals surface area contributed by atoms with Crippen LogP contribution in [0.1, 0.15) is 83.1 Å². The van der Waals surface area contributed by atoms with Gasteiger partial charge in [0, 0.05) is 43.4 Å². The van der Waals surface area contributed by atoms with Crippen molar-refractivity contribution >= 4 is 23.3 Å². The lowest BCUT2D eigenvalue weighted by Gasteiger charge is -2.52. The van der Waals surface area contributed by atoms with Gasteiger partial charge in [-0.25, -0.2) is 4.79 Å². The largest absolute Gasteiger partial charge is 0.507 e. The minimum Gasteiger partial charge on any atom is -0.507 e. The van der Waals surface area contributed by atoms with E-state index < -0.39 is 110 Å². The van der Waals surface area contributed by atoms with Crippen LogP contribution >= 0.6 is 0 Å². The molecule has 3 aromatic carbocycles. The molecule has 7 rings (SSSR count). The number of fused-ring (bicyclic) bond motifs is 5. The first kappa shape index (κ1) is 38.3. The van der Waals surface area contributed by atoms with E-state index in [0.717, 1.165) is 26.2 Å². The molecule has 7 N–H and O–H groups in total. The maximum atomic E-state index is 15.0. The third-order valence-corrected chi connectivity index (χ3v) is 11.9. The summed E-state index contributed by atoms with van der Waals surface area (Å²) in [6.07, 6.45) is -6.13. The van der Waals surface area contributed by atoms with Crippen LogP contribution in [0, 0.1) is 12.3 Å². The first-order valence-electron chi connectivity index (χ1n) is 17.5. The number of aliphatic hydroxyl groups excluding tert-OH is 2. The first-order chi connectivity index (χ1) is 25.9. The number of rotatable bonds is 6. The molecule has 1 saturated heterocycles. The number of phenolic OH excluding ortho intramolecular Hbond substituents is 2. The Labute approximate surface area is 314 Å². The van der Waals surface area contributed by atoms with Gasteiger partial charge in [-0.2, -0.15) is 0 Å². The second-order valence-electron chi connectivity index (χ2n) is 14.6. The van der Waals surface area contributed by atoms with Gasteiger partial charge in [0.05, 0.1) is 41.6 Å². The van der Waals surface area contributed by atoms with Crippen molar-refractivity contribution in [1.82, 2.24) is 5.32 Å². The molecule has 1 heterocycles. The lowest BCUT2D eigenvalue weighted by Crippen LogP contribution is -2.65. The molecule has 15 heteroatoms. The summed E-state index contributed by atoms with van der Waals surface area (Å²) in [5.41, 5.74) is -10.8. The van der Waals surface area contributed by atoms with E-state index in [-0.39, 0.29) is 39.9 Å². The molecular formula is C40H41NO14. The van der Waals surface area contributed by atoms with Gasteiger partial charge in [-0.3, -0.25) is 14.4 Å². The molecule has 1 aliphatic heterocycles. The molecule has 0 bridgehead atoms. The van der Waals surface area contributed by atoms with E-state index in [1.54, 1.807) is 25.1 Å². The number of ketones is 3. The zero-order chi connectivity index (χ0) is 40.1. The Morgan fingerprint density at radius 3 is 2.20 bits per heavy atom. The fraction of sp³-hybridized carbons (Fsp3) is 0.400. The number of methoxy groups -OCH3 is 3. The number of esters is 1. The number of allylic oxidation sites excluding steroid dienone is 1. The predicted molar refractivity (Wildman–Crippen MR) is 190 cm³/mol. The minimum absolute atomic E-state index is 0.0691. The Balaban J connectivity index is 1.47. The van der Waals surface area contributed by atoms with E-state index in [4.69, 9.17) is 18.9 Å². The van der Waals surface area contributed by atoms with Crippen molar-refractivity contribution in [3.63, 3.8) is 0 Å². The molecule has 0 saturated carbocycles. The number of ether oxygens (including phenoxy) is 4. The minimum atomic E-state index is -3.04. The number of Topliss-reactive ketones (excluding diaryl/α,β-unsaturated/α-hetero) is 2. The monoisotopic (exact) mass is 759 g/mol. The summed E-state index contributed by atoms with van der Waals surface area (Å²) in [6.45, 7) is 4.23. The number of nitrogens with one attached hydrogen (secondary N) is 1. The van der Waals surface area contributed by atoms with E-state index >= 15 is 0 Å². The molecule has 290 valence electrons.